The predicted molar refractivity (Wildman–Crippen MR) is 123 cm³/mol. The van der Waals surface area contributed by atoms with Crippen molar-refractivity contribution < 1.29 is 4.92 Å². The van der Waals surface area contributed by atoms with Crippen LogP contribution in [0.1, 0.15) is 17.5 Å². The molecule has 0 fully saturated rings. The monoisotopic (exact) mass is 404 g/mol. The van der Waals surface area contributed by atoms with E-state index in [-0.39, 0.29) is 10.6 Å². The van der Waals surface area contributed by atoms with Crippen LogP contribution in [-0.2, 0) is 13.0 Å². The smallest absolute Gasteiger partial charge is 0.269 e. The van der Waals surface area contributed by atoms with Crippen LogP contribution in [0.2, 0.25) is 0 Å². The average Bonchev–Trinajstić information content (AvgIpc) is 2.79. The normalized spacial score (nSPS) is 13.0. The summed E-state index contributed by atoms with van der Waals surface area (Å²) in [5.41, 5.74) is 3.90. The van der Waals surface area contributed by atoms with Crippen molar-refractivity contribution in [2.24, 2.45) is 0 Å². The first-order valence-electron chi connectivity index (χ1n) is 10.4. The Morgan fingerprint density at radius 1 is 0.833 bits per heavy atom. The number of likely N-dealkylation sites (N-methyl/N-ethyl adjacent to an activating group) is 1. The van der Waals surface area contributed by atoms with E-state index in [1.54, 1.807) is 12.1 Å². The summed E-state index contributed by atoms with van der Waals surface area (Å²) < 4.78 is 0.898. The van der Waals surface area contributed by atoms with Crippen molar-refractivity contribution in [3.63, 3.8) is 0 Å². The van der Waals surface area contributed by atoms with E-state index in [1.165, 1.54) is 11.3 Å². The van der Waals surface area contributed by atoms with Crippen LogP contribution in [0.15, 0.2) is 84.9 Å². The largest absolute Gasteiger partial charge is 0.312 e. The van der Waals surface area contributed by atoms with Gasteiger partial charge in [0.2, 0.25) is 0 Å². The predicted octanol–water partition coefficient (Wildman–Crippen LogP) is 4.95. The Morgan fingerprint density at radius 2 is 1.47 bits per heavy atom. The quantitative estimate of drug-likeness (QED) is 0.213. The van der Waals surface area contributed by atoms with Gasteiger partial charge in [-0.15, -0.1) is 0 Å². The van der Waals surface area contributed by atoms with Crippen LogP contribution in [0, 0.1) is 10.1 Å². The molecule has 5 heteroatoms. The Morgan fingerprint density at radius 3 is 2.10 bits per heavy atom. The van der Waals surface area contributed by atoms with Gasteiger partial charge in [-0.2, -0.15) is 0 Å². The Balaban J connectivity index is 1.52. The molecular formula is C25H30N3O2+. The van der Waals surface area contributed by atoms with Gasteiger partial charge >= 0.3 is 0 Å². The molecule has 0 amide bonds. The molecule has 0 saturated carbocycles. The number of nitrogens with zero attached hydrogens (tertiary/aromatic N) is 2. The number of nitro groups is 1. The molecule has 3 aromatic rings. The van der Waals surface area contributed by atoms with Gasteiger partial charge in [0.25, 0.3) is 5.69 Å². The first kappa shape index (κ1) is 21.7. The maximum absolute atomic E-state index is 10.8. The molecule has 30 heavy (non-hydrogen) atoms. The van der Waals surface area contributed by atoms with Gasteiger partial charge in [0.15, 0.2) is 0 Å². The summed E-state index contributed by atoms with van der Waals surface area (Å²) in [4.78, 5) is 10.4. The molecule has 0 bridgehead atoms. The van der Waals surface area contributed by atoms with Gasteiger partial charge in [-0.05, 0) is 23.3 Å². The summed E-state index contributed by atoms with van der Waals surface area (Å²) in [6, 6.07) is 28.1. The Kier molecular flexibility index (Phi) is 7.71. The molecule has 1 unspecified atom stereocenters. The number of nitrogens with one attached hydrogen (secondary N) is 1. The topological polar surface area (TPSA) is 55.2 Å². The SMILES string of the molecule is C[N+](CCCNCc1ccc([N+](=O)[O-])cc1)(CCc1ccccc1)c1ccccc1. The van der Waals surface area contributed by atoms with Gasteiger partial charge in [0.1, 0.15) is 5.69 Å². The Bertz CT molecular complexity index is 914. The van der Waals surface area contributed by atoms with Crippen molar-refractivity contribution in [3.8, 4) is 0 Å². The lowest BCUT2D eigenvalue weighted by Crippen LogP contribution is -2.48. The molecule has 3 aromatic carbocycles. The summed E-state index contributed by atoms with van der Waals surface area (Å²) in [6.07, 6.45) is 2.09. The number of non-ortho nitro benzene ring substituents is 1. The number of hydrogen-bond donors (Lipinski definition) is 1. The third kappa shape index (κ3) is 6.24. The molecule has 156 valence electrons. The molecule has 0 saturated heterocycles. The van der Waals surface area contributed by atoms with Crippen molar-refractivity contribution in [1.82, 2.24) is 9.80 Å². The van der Waals surface area contributed by atoms with E-state index in [4.69, 9.17) is 0 Å². The second kappa shape index (κ2) is 10.7. The highest BCUT2D eigenvalue weighted by atomic mass is 16.6. The van der Waals surface area contributed by atoms with E-state index >= 15 is 0 Å². The molecule has 0 aromatic heterocycles. The lowest BCUT2D eigenvalue weighted by molar-refractivity contribution is -0.384. The van der Waals surface area contributed by atoms with Crippen molar-refractivity contribution >= 4 is 11.4 Å². The van der Waals surface area contributed by atoms with Crippen molar-refractivity contribution in [2.75, 3.05) is 26.7 Å². The fraction of sp³-hybridized carbons (Fsp3) is 0.280. The van der Waals surface area contributed by atoms with Crippen LogP contribution in [0.3, 0.4) is 0 Å². The van der Waals surface area contributed by atoms with Crippen molar-refractivity contribution in [3.05, 3.63) is 106 Å². The van der Waals surface area contributed by atoms with Crippen molar-refractivity contribution in [1.29, 1.82) is 0 Å². The molecule has 0 aliphatic carbocycles. The van der Waals surface area contributed by atoms with Gasteiger partial charge in [-0.1, -0.05) is 60.7 Å². The lowest BCUT2D eigenvalue weighted by atomic mass is 10.1. The number of nitro benzene ring substituents is 1. The standard InChI is InChI=1S/C25H30N3O2/c1-28(25-11-6-3-7-12-25,20-17-22-9-4-2-5-10-22)19-8-18-26-21-23-13-15-24(16-14-23)27(29)30/h2-7,9-16,26H,8,17-21H2,1H3/q+1. The number of hydrogen-bond acceptors (Lipinski definition) is 3. The first-order valence-corrected chi connectivity index (χ1v) is 10.4. The number of benzene rings is 3. The third-order valence-electron chi connectivity index (χ3n) is 5.60. The first-order chi connectivity index (χ1) is 14.6. The maximum Gasteiger partial charge on any atom is 0.269 e. The molecule has 0 aliphatic rings. The van der Waals surface area contributed by atoms with E-state index in [2.05, 4.69) is 73.0 Å². The second-order valence-corrected chi connectivity index (χ2v) is 7.87. The number of quaternary nitrogens is 1. The zero-order chi connectivity index (χ0) is 21.2. The van der Waals surface area contributed by atoms with Crippen LogP contribution < -0.4 is 9.80 Å². The van der Waals surface area contributed by atoms with Gasteiger partial charge in [-0.3, -0.25) is 14.6 Å². The minimum atomic E-state index is -0.366. The third-order valence-corrected chi connectivity index (χ3v) is 5.60. The summed E-state index contributed by atoms with van der Waals surface area (Å²) in [5.74, 6) is 0. The number of rotatable bonds is 11. The average molecular weight is 405 g/mol. The maximum atomic E-state index is 10.8. The van der Waals surface area contributed by atoms with E-state index in [9.17, 15) is 10.1 Å². The molecule has 1 atom stereocenters. The fourth-order valence-corrected chi connectivity index (χ4v) is 3.70. The lowest BCUT2D eigenvalue weighted by Gasteiger charge is -2.34. The van der Waals surface area contributed by atoms with Crippen molar-refractivity contribution in [2.45, 2.75) is 19.4 Å². The molecule has 3 rings (SSSR count). The second-order valence-electron chi connectivity index (χ2n) is 7.87. The fourth-order valence-electron chi connectivity index (χ4n) is 3.70. The Labute approximate surface area is 178 Å². The van der Waals surface area contributed by atoms with Crippen LogP contribution in [0.5, 0.6) is 0 Å². The van der Waals surface area contributed by atoms with Gasteiger partial charge < -0.3 is 5.32 Å². The van der Waals surface area contributed by atoms with E-state index in [0.717, 1.165) is 49.1 Å². The van der Waals surface area contributed by atoms with Gasteiger partial charge in [-0.25, -0.2) is 0 Å². The van der Waals surface area contributed by atoms with Gasteiger partial charge in [0, 0.05) is 38.1 Å². The molecule has 5 nitrogen and oxygen atoms in total. The highest BCUT2D eigenvalue weighted by molar-refractivity contribution is 5.42. The Hall–Kier alpha value is -3.02. The van der Waals surface area contributed by atoms with Gasteiger partial charge in [0.05, 0.1) is 25.1 Å². The van der Waals surface area contributed by atoms with E-state index < -0.39 is 0 Å². The minimum Gasteiger partial charge on any atom is -0.312 e. The molecule has 0 aliphatic heterocycles. The molecule has 0 heterocycles. The molecule has 0 radical (unpaired) electrons. The van der Waals surface area contributed by atoms with Crippen LogP contribution in [0.25, 0.3) is 0 Å². The molecular weight excluding hydrogens is 374 g/mol. The molecule has 0 spiro atoms. The van der Waals surface area contributed by atoms with Crippen LogP contribution in [0.4, 0.5) is 11.4 Å². The van der Waals surface area contributed by atoms with Crippen LogP contribution >= 0.6 is 0 Å². The summed E-state index contributed by atoms with van der Waals surface area (Å²) in [6.45, 7) is 3.72. The molecule has 1 N–H and O–H groups in total. The zero-order valence-corrected chi connectivity index (χ0v) is 17.5. The number of para-hydroxylation sites is 1. The zero-order valence-electron chi connectivity index (χ0n) is 17.5. The summed E-state index contributed by atoms with van der Waals surface area (Å²) in [5, 5.41) is 14.2. The highest BCUT2D eigenvalue weighted by Gasteiger charge is 2.24. The highest BCUT2D eigenvalue weighted by Crippen LogP contribution is 2.22. The van der Waals surface area contributed by atoms with Crippen LogP contribution in [-0.4, -0.2) is 31.6 Å². The summed E-state index contributed by atoms with van der Waals surface area (Å²) in [7, 11) is 2.31. The van der Waals surface area contributed by atoms with E-state index in [0.29, 0.717) is 0 Å². The van der Waals surface area contributed by atoms with E-state index in [1.807, 2.05) is 12.1 Å². The summed E-state index contributed by atoms with van der Waals surface area (Å²) >= 11 is 0. The minimum absolute atomic E-state index is 0.132.